The summed E-state index contributed by atoms with van der Waals surface area (Å²) in [5.41, 5.74) is 2.75. The van der Waals surface area contributed by atoms with Gasteiger partial charge in [0.25, 0.3) is 0 Å². The Morgan fingerprint density at radius 2 is 1.63 bits per heavy atom. The molecule has 0 saturated carbocycles. The Kier molecular flexibility index (Phi) is 3.21. The Labute approximate surface area is 116 Å². The minimum Gasteiger partial charge on any atom is -0.308 e. The third-order valence-corrected chi connectivity index (χ3v) is 3.69. The monoisotopic (exact) mass is 260 g/mol. The van der Waals surface area contributed by atoms with Gasteiger partial charge >= 0.3 is 0 Å². The lowest BCUT2D eigenvalue weighted by atomic mass is 9.89. The second-order valence-electron chi connectivity index (χ2n) is 6.77. The van der Waals surface area contributed by atoms with Gasteiger partial charge in [0, 0.05) is 17.8 Å². The van der Waals surface area contributed by atoms with Crippen LogP contribution in [0.5, 0.6) is 0 Å². The van der Waals surface area contributed by atoms with Crippen LogP contribution in [-0.4, -0.2) is 23.5 Å². The summed E-state index contributed by atoms with van der Waals surface area (Å²) in [7, 11) is 0. The van der Waals surface area contributed by atoms with Crippen LogP contribution in [0.3, 0.4) is 0 Å². The highest BCUT2D eigenvalue weighted by Crippen LogP contribution is 2.31. The van der Waals surface area contributed by atoms with E-state index in [1.165, 1.54) is 0 Å². The van der Waals surface area contributed by atoms with Crippen LogP contribution in [0.1, 0.15) is 38.8 Å². The zero-order chi connectivity index (χ0) is 14.4. The van der Waals surface area contributed by atoms with Gasteiger partial charge in [-0.25, -0.2) is 0 Å². The van der Waals surface area contributed by atoms with Crippen molar-refractivity contribution in [2.75, 3.05) is 11.4 Å². The van der Waals surface area contributed by atoms with Crippen LogP contribution in [0, 0.1) is 13.8 Å². The fraction of sp³-hybridized carbons (Fsp3) is 0.562. The molecule has 0 bridgehead atoms. The Morgan fingerprint density at radius 3 is 2.16 bits per heavy atom. The van der Waals surface area contributed by atoms with E-state index in [0.29, 0.717) is 6.54 Å². The van der Waals surface area contributed by atoms with Crippen molar-refractivity contribution in [3.8, 4) is 0 Å². The molecule has 0 aromatic heterocycles. The summed E-state index contributed by atoms with van der Waals surface area (Å²) in [5.74, 6) is 0.143. The molecule has 1 aliphatic heterocycles. The van der Waals surface area contributed by atoms with Crippen molar-refractivity contribution in [3.05, 3.63) is 29.3 Å². The van der Waals surface area contributed by atoms with Gasteiger partial charge in [0.1, 0.15) is 0 Å². The number of carbonyl (C=O) groups excluding carboxylic acids is 1. The number of hydrogen-bond acceptors (Lipinski definition) is 2. The number of para-hydroxylation sites is 1. The van der Waals surface area contributed by atoms with Crippen molar-refractivity contribution in [1.82, 2.24) is 5.32 Å². The summed E-state index contributed by atoms with van der Waals surface area (Å²) in [6.07, 6.45) is 0. The van der Waals surface area contributed by atoms with Crippen molar-refractivity contribution >= 4 is 11.6 Å². The van der Waals surface area contributed by atoms with E-state index in [1.54, 1.807) is 0 Å². The Balaban J connectivity index is 2.51. The standard InChI is InChI=1S/C16H24N2O/c1-11-8-7-9-12(2)13(11)18-10-15(3,4)17-16(5,6)14(18)19/h7-9,17H,10H2,1-6H3. The number of anilines is 1. The highest BCUT2D eigenvalue weighted by Gasteiger charge is 2.44. The van der Waals surface area contributed by atoms with Crippen molar-refractivity contribution in [2.24, 2.45) is 0 Å². The number of nitrogens with one attached hydrogen (secondary N) is 1. The molecule has 0 aliphatic carbocycles. The molecule has 0 spiro atoms. The maximum atomic E-state index is 12.7. The van der Waals surface area contributed by atoms with E-state index in [2.05, 4.69) is 45.1 Å². The molecular formula is C16H24N2O. The van der Waals surface area contributed by atoms with Crippen molar-refractivity contribution < 1.29 is 4.79 Å². The lowest BCUT2D eigenvalue weighted by Gasteiger charge is -2.47. The Morgan fingerprint density at radius 1 is 1.11 bits per heavy atom. The largest absolute Gasteiger partial charge is 0.308 e. The van der Waals surface area contributed by atoms with E-state index < -0.39 is 5.54 Å². The molecule has 104 valence electrons. The van der Waals surface area contributed by atoms with Crippen LogP contribution >= 0.6 is 0 Å². The van der Waals surface area contributed by atoms with Crippen molar-refractivity contribution in [3.63, 3.8) is 0 Å². The number of piperazine rings is 1. The van der Waals surface area contributed by atoms with E-state index in [1.807, 2.05) is 24.8 Å². The average Bonchev–Trinajstić information content (AvgIpc) is 2.23. The summed E-state index contributed by atoms with van der Waals surface area (Å²) in [6.45, 7) is 13.0. The molecule has 3 nitrogen and oxygen atoms in total. The Hall–Kier alpha value is -1.35. The van der Waals surface area contributed by atoms with Crippen molar-refractivity contribution in [1.29, 1.82) is 0 Å². The van der Waals surface area contributed by atoms with Gasteiger partial charge in [-0.05, 0) is 52.7 Å². The van der Waals surface area contributed by atoms with E-state index in [9.17, 15) is 4.79 Å². The third kappa shape index (κ3) is 2.52. The SMILES string of the molecule is Cc1cccc(C)c1N1CC(C)(C)NC(C)(C)C1=O. The van der Waals surface area contributed by atoms with E-state index in [4.69, 9.17) is 0 Å². The molecule has 1 saturated heterocycles. The van der Waals surface area contributed by atoms with Crippen LogP contribution in [0.25, 0.3) is 0 Å². The highest BCUT2D eigenvalue weighted by atomic mass is 16.2. The molecular weight excluding hydrogens is 236 g/mol. The first-order valence-corrected chi connectivity index (χ1v) is 6.82. The van der Waals surface area contributed by atoms with Gasteiger partial charge in [-0.3, -0.25) is 10.1 Å². The first-order valence-electron chi connectivity index (χ1n) is 6.82. The van der Waals surface area contributed by atoms with Crippen LogP contribution < -0.4 is 10.2 Å². The predicted molar refractivity (Wildman–Crippen MR) is 79.6 cm³/mol. The van der Waals surface area contributed by atoms with Gasteiger partial charge in [-0.15, -0.1) is 0 Å². The van der Waals surface area contributed by atoms with Gasteiger partial charge in [0.15, 0.2) is 0 Å². The molecule has 0 atom stereocenters. The normalized spacial score (nSPS) is 21.6. The first kappa shape index (κ1) is 14.1. The number of carbonyl (C=O) groups is 1. The molecule has 1 aliphatic rings. The smallest absolute Gasteiger partial charge is 0.246 e. The summed E-state index contributed by atoms with van der Waals surface area (Å²) in [5, 5.41) is 3.43. The van der Waals surface area contributed by atoms with E-state index in [-0.39, 0.29) is 11.4 Å². The van der Waals surface area contributed by atoms with Crippen LogP contribution in [-0.2, 0) is 4.79 Å². The summed E-state index contributed by atoms with van der Waals surface area (Å²) >= 11 is 0. The number of nitrogens with zero attached hydrogens (tertiary/aromatic N) is 1. The minimum absolute atomic E-state index is 0.0911. The lowest BCUT2D eigenvalue weighted by molar-refractivity contribution is -0.126. The fourth-order valence-corrected chi connectivity index (χ4v) is 3.16. The molecule has 1 amide bonds. The third-order valence-electron chi connectivity index (χ3n) is 3.69. The second kappa shape index (κ2) is 4.34. The topological polar surface area (TPSA) is 32.3 Å². The van der Waals surface area contributed by atoms with Crippen LogP contribution in [0.2, 0.25) is 0 Å². The molecule has 1 fully saturated rings. The molecule has 19 heavy (non-hydrogen) atoms. The minimum atomic E-state index is -0.531. The predicted octanol–water partition coefficient (Wildman–Crippen LogP) is 2.80. The van der Waals surface area contributed by atoms with E-state index in [0.717, 1.165) is 16.8 Å². The van der Waals surface area contributed by atoms with Gasteiger partial charge in [0.05, 0.1) is 5.54 Å². The number of hydrogen-bond donors (Lipinski definition) is 1. The molecule has 3 heteroatoms. The molecule has 1 heterocycles. The average molecular weight is 260 g/mol. The first-order chi connectivity index (χ1) is 8.64. The molecule has 0 unspecified atom stereocenters. The lowest BCUT2D eigenvalue weighted by Crippen LogP contribution is -2.70. The Bertz CT molecular complexity index is 497. The highest BCUT2D eigenvalue weighted by molar-refractivity contribution is 6.02. The number of rotatable bonds is 1. The molecule has 0 radical (unpaired) electrons. The summed E-state index contributed by atoms with van der Waals surface area (Å²) in [4.78, 5) is 14.6. The van der Waals surface area contributed by atoms with Crippen LogP contribution in [0.15, 0.2) is 18.2 Å². The zero-order valence-corrected chi connectivity index (χ0v) is 12.8. The summed E-state index contributed by atoms with van der Waals surface area (Å²) < 4.78 is 0. The maximum Gasteiger partial charge on any atom is 0.246 e. The maximum absolute atomic E-state index is 12.7. The molecule has 1 aromatic rings. The molecule has 1 aromatic carbocycles. The number of amides is 1. The van der Waals surface area contributed by atoms with Gasteiger partial charge in [-0.2, -0.15) is 0 Å². The van der Waals surface area contributed by atoms with Gasteiger partial charge in [0.2, 0.25) is 5.91 Å². The van der Waals surface area contributed by atoms with Crippen LogP contribution in [0.4, 0.5) is 5.69 Å². The number of benzene rings is 1. The van der Waals surface area contributed by atoms with Gasteiger partial charge in [-0.1, -0.05) is 18.2 Å². The molecule has 1 N–H and O–H groups in total. The van der Waals surface area contributed by atoms with Gasteiger partial charge < -0.3 is 4.90 Å². The zero-order valence-electron chi connectivity index (χ0n) is 12.8. The number of aryl methyl sites for hydroxylation is 2. The van der Waals surface area contributed by atoms with E-state index >= 15 is 0 Å². The molecule has 2 rings (SSSR count). The summed E-state index contributed by atoms with van der Waals surface area (Å²) in [6, 6.07) is 6.17. The second-order valence-corrected chi connectivity index (χ2v) is 6.77. The fourth-order valence-electron chi connectivity index (χ4n) is 3.16. The van der Waals surface area contributed by atoms with Crippen molar-refractivity contribution in [2.45, 2.75) is 52.6 Å². The quantitative estimate of drug-likeness (QED) is 0.842.